The number of aromatic nitrogens is 4. The number of fused-ring (bicyclic) bond motifs is 1. The van der Waals surface area contributed by atoms with Crippen molar-refractivity contribution in [2.45, 2.75) is 13.3 Å². The molecule has 0 unspecified atom stereocenters. The minimum Gasteiger partial charge on any atom is -0.496 e. The summed E-state index contributed by atoms with van der Waals surface area (Å²) in [6.07, 6.45) is 5.65. The number of ether oxygens (including phenoxy) is 1. The van der Waals surface area contributed by atoms with Gasteiger partial charge in [-0.2, -0.15) is 0 Å². The number of benzene rings is 1. The van der Waals surface area contributed by atoms with Gasteiger partial charge in [-0.15, -0.1) is 0 Å². The lowest BCUT2D eigenvalue weighted by atomic mass is 10.1. The van der Waals surface area contributed by atoms with E-state index in [2.05, 4.69) is 37.4 Å². The number of nitrogens with zero attached hydrogens (tertiary/aromatic N) is 4. The lowest BCUT2D eigenvalue weighted by Crippen LogP contribution is -2.08. The summed E-state index contributed by atoms with van der Waals surface area (Å²) < 4.78 is 5.27. The Morgan fingerprint density at radius 3 is 2.77 bits per heavy atom. The van der Waals surface area contributed by atoms with Gasteiger partial charge in [0.05, 0.1) is 7.11 Å². The van der Waals surface area contributed by atoms with Gasteiger partial charge in [0.2, 0.25) is 0 Å². The smallest absolute Gasteiger partial charge is 0.183 e. The molecule has 112 valence electrons. The molecule has 0 aliphatic heterocycles. The van der Waals surface area contributed by atoms with E-state index in [9.17, 15) is 0 Å². The van der Waals surface area contributed by atoms with Gasteiger partial charge in [-0.05, 0) is 30.5 Å². The van der Waals surface area contributed by atoms with Gasteiger partial charge in [-0.3, -0.25) is 0 Å². The molecule has 0 saturated heterocycles. The van der Waals surface area contributed by atoms with Crippen molar-refractivity contribution in [3.63, 3.8) is 0 Å². The molecule has 1 N–H and O–H groups in total. The average molecular weight is 295 g/mol. The predicted octanol–water partition coefficient (Wildman–Crippen LogP) is 2.39. The highest BCUT2D eigenvalue weighted by atomic mass is 16.5. The summed E-state index contributed by atoms with van der Waals surface area (Å²) in [5.74, 6) is 1.62. The van der Waals surface area contributed by atoms with E-state index in [1.165, 1.54) is 11.9 Å². The zero-order valence-electron chi connectivity index (χ0n) is 12.6. The molecule has 0 amide bonds. The fourth-order valence-corrected chi connectivity index (χ4v) is 2.35. The first-order chi connectivity index (χ1) is 10.8. The molecule has 0 spiro atoms. The van der Waals surface area contributed by atoms with Crippen molar-refractivity contribution in [2.75, 3.05) is 19.0 Å². The Hall–Kier alpha value is -2.76. The van der Waals surface area contributed by atoms with Gasteiger partial charge in [0.1, 0.15) is 17.6 Å². The van der Waals surface area contributed by atoms with E-state index in [-0.39, 0.29) is 0 Å². The van der Waals surface area contributed by atoms with Crippen LogP contribution in [0.4, 0.5) is 5.82 Å². The Morgan fingerprint density at radius 1 is 1.09 bits per heavy atom. The van der Waals surface area contributed by atoms with Crippen LogP contribution in [-0.2, 0) is 6.42 Å². The number of hydrogen-bond donors (Lipinski definition) is 1. The van der Waals surface area contributed by atoms with E-state index in [4.69, 9.17) is 4.74 Å². The highest BCUT2D eigenvalue weighted by Crippen LogP contribution is 2.19. The van der Waals surface area contributed by atoms with Crippen molar-refractivity contribution in [3.8, 4) is 5.75 Å². The second kappa shape index (κ2) is 6.34. The quantitative estimate of drug-likeness (QED) is 0.779. The lowest BCUT2D eigenvalue weighted by molar-refractivity contribution is 0.411. The third-order valence-electron chi connectivity index (χ3n) is 3.44. The summed E-state index contributed by atoms with van der Waals surface area (Å²) >= 11 is 0. The van der Waals surface area contributed by atoms with Crippen molar-refractivity contribution in [1.29, 1.82) is 0 Å². The van der Waals surface area contributed by atoms with Crippen LogP contribution < -0.4 is 10.1 Å². The fourth-order valence-electron chi connectivity index (χ4n) is 2.35. The van der Waals surface area contributed by atoms with Crippen LogP contribution in [0, 0.1) is 6.92 Å². The molecule has 0 saturated carbocycles. The van der Waals surface area contributed by atoms with Crippen molar-refractivity contribution < 1.29 is 4.74 Å². The maximum atomic E-state index is 5.27. The number of methoxy groups -OCH3 is 1. The van der Waals surface area contributed by atoms with Crippen molar-refractivity contribution >= 4 is 17.0 Å². The van der Waals surface area contributed by atoms with Crippen LogP contribution in [0.15, 0.2) is 36.9 Å². The zero-order valence-corrected chi connectivity index (χ0v) is 12.6. The van der Waals surface area contributed by atoms with Crippen LogP contribution in [0.25, 0.3) is 11.2 Å². The number of rotatable bonds is 5. The summed E-state index contributed by atoms with van der Waals surface area (Å²) in [6, 6.07) is 6.21. The largest absolute Gasteiger partial charge is 0.496 e. The van der Waals surface area contributed by atoms with Crippen LogP contribution in [0.2, 0.25) is 0 Å². The molecule has 0 radical (unpaired) electrons. The van der Waals surface area contributed by atoms with Gasteiger partial charge < -0.3 is 10.1 Å². The first kappa shape index (κ1) is 14.2. The molecular formula is C16H17N5O. The van der Waals surface area contributed by atoms with Crippen LogP contribution in [0.5, 0.6) is 5.75 Å². The number of anilines is 1. The van der Waals surface area contributed by atoms with Crippen LogP contribution in [0.1, 0.15) is 11.1 Å². The number of hydrogen-bond acceptors (Lipinski definition) is 6. The summed E-state index contributed by atoms with van der Waals surface area (Å²) in [6.45, 7) is 2.80. The summed E-state index contributed by atoms with van der Waals surface area (Å²) in [4.78, 5) is 16.8. The first-order valence-electron chi connectivity index (χ1n) is 7.07. The Labute approximate surface area is 128 Å². The van der Waals surface area contributed by atoms with E-state index in [1.54, 1.807) is 19.5 Å². The molecule has 0 bridgehead atoms. The van der Waals surface area contributed by atoms with E-state index in [0.717, 1.165) is 24.3 Å². The molecule has 3 aromatic rings. The topological polar surface area (TPSA) is 72.8 Å². The van der Waals surface area contributed by atoms with Crippen molar-refractivity contribution in [2.24, 2.45) is 0 Å². The first-order valence-corrected chi connectivity index (χ1v) is 7.07. The molecule has 3 rings (SSSR count). The standard InChI is InChI=1S/C16H17N5O/c1-11-9-12(3-4-13(11)22-2)5-6-18-15-14-16(21-10-20-15)19-8-7-17-14/h3-4,7-10H,5-6H2,1-2H3,(H,18,19,20,21). The van der Waals surface area contributed by atoms with Crippen LogP contribution >= 0.6 is 0 Å². The highest BCUT2D eigenvalue weighted by Gasteiger charge is 2.05. The van der Waals surface area contributed by atoms with E-state index in [0.29, 0.717) is 17.0 Å². The molecule has 22 heavy (non-hydrogen) atoms. The third-order valence-corrected chi connectivity index (χ3v) is 3.44. The molecule has 0 fully saturated rings. The molecule has 1 aromatic carbocycles. The van der Waals surface area contributed by atoms with Gasteiger partial charge in [0.25, 0.3) is 0 Å². The maximum Gasteiger partial charge on any atom is 0.183 e. The SMILES string of the molecule is COc1ccc(CCNc2ncnc3nccnc23)cc1C. The molecule has 2 heterocycles. The Bertz CT molecular complexity index is 785. The predicted molar refractivity (Wildman–Crippen MR) is 85.1 cm³/mol. The average Bonchev–Trinajstić information content (AvgIpc) is 2.55. The van der Waals surface area contributed by atoms with Gasteiger partial charge >= 0.3 is 0 Å². The van der Waals surface area contributed by atoms with Crippen molar-refractivity contribution in [3.05, 3.63) is 48.0 Å². The molecule has 0 aliphatic rings. The normalized spacial score (nSPS) is 10.6. The zero-order chi connectivity index (χ0) is 15.4. The Morgan fingerprint density at radius 2 is 1.95 bits per heavy atom. The molecular weight excluding hydrogens is 278 g/mol. The Kier molecular flexibility index (Phi) is 4.09. The lowest BCUT2D eigenvalue weighted by Gasteiger charge is -2.09. The molecule has 0 atom stereocenters. The van der Waals surface area contributed by atoms with Crippen LogP contribution in [0.3, 0.4) is 0 Å². The molecule has 0 aliphatic carbocycles. The Balaban J connectivity index is 1.69. The maximum absolute atomic E-state index is 5.27. The van der Waals surface area contributed by atoms with Crippen LogP contribution in [-0.4, -0.2) is 33.6 Å². The van der Waals surface area contributed by atoms with Gasteiger partial charge in [-0.1, -0.05) is 12.1 Å². The second-order valence-electron chi connectivity index (χ2n) is 4.93. The van der Waals surface area contributed by atoms with E-state index < -0.39 is 0 Å². The molecule has 2 aromatic heterocycles. The van der Waals surface area contributed by atoms with Gasteiger partial charge in [0.15, 0.2) is 11.5 Å². The van der Waals surface area contributed by atoms with E-state index >= 15 is 0 Å². The molecule has 6 heteroatoms. The third kappa shape index (κ3) is 2.95. The van der Waals surface area contributed by atoms with Gasteiger partial charge in [-0.25, -0.2) is 19.9 Å². The van der Waals surface area contributed by atoms with Gasteiger partial charge in [0, 0.05) is 18.9 Å². The fraction of sp³-hybridized carbons (Fsp3) is 0.250. The minimum atomic E-state index is 0.597. The summed E-state index contributed by atoms with van der Waals surface area (Å²) in [5.41, 5.74) is 3.67. The van der Waals surface area contributed by atoms with E-state index in [1.807, 2.05) is 13.0 Å². The minimum absolute atomic E-state index is 0.597. The molecule has 6 nitrogen and oxygen atoms in total. The second-order valence-corrected chi connectivity index (χ2v) is 4.93. The number of nitrogens with one attached hydrogen (secondary N) is 1. The number of aryl methyl sites for hydroxylation is 1. The summed E-state index contributed by atoms with van der Waals surface area (Å²) in [7, 11) is 1.69. The summed E-state index contributed by atoms with van der Waals surface area (Å²) in [5, 5.41) is 3.30. The van der Waals surface area contributed by atoms with Crippen molar-refractivity contribution in [1.82, 2.24) is 19.9 Å². The highest BCUT2D eigenvalue weighted by molar-refractivity contribution is 5.81. The monoisotopic (exact) mass is 295 g/mol.